The number of aromatic nitrogens is 2. The Hall–Kier alpha value is -2.75. The van der Waals surface area contributed by atoms with Crippen molar-refractivity contribution in [2.75, 3.05) is 38.2 Å². The monoisotopic (exact) mass is 475 g/mol. The van der Waals surface area contributed by atoms with Gasteiger partial charge in [0.25, 0.3) is 17.6 Å². The summed E-state index contributed by atoms with van der Waals surface area (Å²) < 4.78 is 6.95. The molecule has 1 aliphatic heterocycles. The zero-order valence-electron chi connectivity index (χ0n) is 19.6. The minimum Gasteiger partial charge on any atom is -0.379 e. The molecule has 178 valence electrons. The van der Waals surface area contributed by atoms with Crippen LogP contribution in [0, 0.1) is 13.8 Å². The number of morpholine rings is 1. The van der Waals surface area contributed by atoms with Gasteiger partial charge in [-0.1, -0.05) is 11.6 Å². The lowest BCUT2D eigenvalue weighted by Gasteiger charge is -2.35. The molecule has 2 N–H and O–H groups in total. The van der Waals surface area contributed by atoms with E-state index in [0.29, 0.717) is 42.3 Å². The van der Waals surface area contributed by atoms with Gasteiger partial charge in [0.15, 0.2) is 0 Å². The van der Waals surface area contributed by atoms with Crippen LogP contribution in [0.15, 0.2) is 18.3 Å². The molecule has 10 heteroatoms. The summed E-state index contributed by atoms with van der Waals surface area (Å²) in [5, 5.41) is 5.87. The second kappa shape index (κ2) is 10.0. The fourth-order valence-corrected chi connectivity index (χ4v) is 4.31. The second-order valence-corrected chi connectivity index (χ2v) is 9.26. The maximum atomic E-state index is 13.1. The molecule has 9 nitrogen and oxygen atoms in total. The average Bonchev–Trinajstić information content (AvgIpc) is 2.95. The number of carbonyl (C=O) groups is 3. The molecule has 1 aliphatic rings. The van der Waals surface area contributed by atoms with Crippen LogP contribution in [0.1, 0.15) is 46.0 Å². The van der Waals surface area contributed by atoms with Gasteiger partial charge in [-0.15, -0.1) is 0 Å². The van der Waals surface area contributed by atoms with Crippen LogP contribution in [0.25, 0.3) is 0 Å². The molecule has 3 heterocycles. The molecule has 2 aromatic rings. The standard InChI is InChI=1S/C23H30ClN5O4/c1-14-18(21(31)26-16-6-7-25-17(24)12-16)15(2)28(5)19(14)20(30)22(32)27-23(3,4)13-29-8-10-33-11-9-29/h6-7,12H,8-11,13H2,1-5H3,(H,27,32)(H,25,26,31). The highest BCUT2D eigenvalue weighted by atomic mass is 35.5. The highest BCUT2D eigenvalue weighted by Gasteiger charge is 2.32. The predicted molar refractivity (Wildman–Crippen MR) is 126 cm³/mol. The number of amides is 2. The van der Waals surface area contributed by atoms with Crippen LogP contribution in [-0.4, -0.2) is 70.4 Å². The van der Waals surface area contributed by atoms with Gasteiger partial charge in [-0.05, 0) is 45.4 Å². The maximum absolute atomic E-state index is 13.1. The summed E-state index contributed by atoms with van der Waals surface area (Å²) in [6, 6.07) is 3.15. The lowest BCUT2D eigenvalue weighted by molar-refractivity contribution is -0.118. The van der Waals surface area contributed by atoms with Crippen LogP contribution < -0.4 is 10.6 Å². The van der Waals surface area contributed by atoms with Crippen molar-refractivity contribution in [3.05, 3.63) is 46.0 Å². The lowest BCUT2D eigenvalue weighted by atomic mass is 10.0. The van der Waals surface area contributed by atoms with E-state index < -0.39 is 23.1 Å². The Kier molecular flexibility index (Phi) is 7.56. The van der Waals surface area contributed by atoms with Gasteiger partial charge in [0.1, 0.15) is 5.15 Å². The molecule has 33 heavy (non-hydrogen) atoms. The molecule has 0 atom stereocenters. The number of rotatable bonds is 7. The number of anilines is 1. The Morgan fingerprint density at radius 1 is 1.21 bits per heavy atom. The summed E-state index contributed by atoms with van der Waals surface area (Å²) in [5.41, 5.74) is 1.42. The van der Waals surface area contributed by atoms with E-state index in [1.165, 1.54) is 12.3 Å². The number of ketones is 1. The van der Waals surface area contributed by atoms with Crippen LogP contribution >= 0.6 is 11.6 Å². The highest BCUT2D eigenvalue weighted by molar-refractivity contribution is 6.43. The van der Waals surface area contributed by atoms with Gasteiger partial charge in [-0.2, -0.15) is 0 Å². The molecule has 0 aliphatic carbocycles. The zero-order valence-corrected chi connectivity index (χ0v) is 20.4. The molecule has 0 radical (unpaired) electrons. The fraction of sp³-hybridized carbons (Fsp3) is 0.478. The predicted octanol–water partition coefficient (Wildman–Crippen LogP) is 2.35. The summed E-state index contributed by atoms with van der Waals surface area (Å²) in [6.45, 7) is 10.6. The third-order valence-corrected chi connectivity index (χ3v) is 5.94. The van der Waals surface area contributed by atoms with Crippen molar-refractivity contribution >= 4 is 34.9 Å². The number of pyridine rings is 1. The van der Waals surface area contributed by atoms with Crippen molar-refractivity contribution < 1.29 is 19.1 Å². The smallest absolute Gasteiger partial charge is 0.294 e. The maximum Gasteiger partial charge on any atom is 0.294 e. The zero-order chi connectivity index (χ0) is 24.3. The molecular weight excluding hydrogens is 446 g/mol. The first-order chi connectivity index (χ1) is 15.5. The van der Waals surface area contributed by atoms with Gasteiger partial charge in [-0.3, -0.25) is 19.3 Å². The van der Waals surface area contributed by atoms with Crippen molar-refractivity contribution in [1.82, 2.24) is 19.8 Å². The van der Waals surface area contributed by atoms with Gasteiger partial charge in [-0.25, -0.2) is 4.98 Å². The van der Waals surface area contributed by atoms with Crippen molar-refractivity contribution in [2.45, 2.75) is 33.2 Å². The number of hydrogen-bond donors (Lipinski definition) is 2. The van der Waals surface area contributed by atoms with Gasteiger partial charge in [0, 0.05) is 49.8 Å². The van der Waals surface area contributed by atoms with E-state index in [-0.39, 0.29) is 10.8 Å². The molecule has 0 saturated carbocycles. The first-order valence-corrected chi connectivity index (χ1v) is 11.1. The Bertz CT molecular complexity index is 1070. The molecule has 1 fully saturated rings. The van der Waals surface area contributed by atoms with Crippen molar-refractivity contribution in [2.24, 2.45) is 7.05 Å². The SMILES string of the molecule is Cc1c(C(=O)Nc2ccnc(Cl)c2)c(C)n(C)c1C(=O)C(=O)NC(C)(C)CN1CCOCC1. The number of ether oxygens (including phenoxy) is 1. The lowest BCUT2D eigenvalue weighted by Crippen LogP contribution is -2.55. The summed E-state index contributed by atoms with van der Waals surface area (Å²) in [5.74, 6) is -1.78. The van der Waals surface area contributed by atoms with Crippen molar-refractivity contribution in [3.8, 4) is 0 Å². The largest absolute Gasteiger partial charge is 0.379 e. The summed E-state index contributed by atoms with van der Waals surface area (Å²) in [6.07, 6.45) is 1.49. The van der Waals surface area contributed by atoms with Crippen LogP contribution in [0.5, 0.6) is 0 Å². The third kappa shape index (κ3) is 5.79. The number of halogens is 1. The molecule has 0 unspecified atom stereocenters. The first kappa shape index (κ1) is 24.9. The quantitative estimate of drug-likeness (QED) is 0.362. The third-order valence-electron chi connectivity index (χ3n) is 5.74. The normalized spacial score (nSPS) is 14.7. The minimum absolute atomic E-state index is 0.185. The summed E-state index contributed by atoms with van der Waals surface area (Å²) in [7, 11) is 1.67. The van der Waals surface area contributed by atoms with Crippen LogP contribution in [0.2, 0.25) is 5.15 Å². The van der Waals surface area contributed by atoms with Crippen molar-refractivity contribution in [3.63, 3.8) is 0 Å². The van der Waals surface area contributed by atoms with E-state index in [0.717, 1.165) is 13.1 Å². The van der Waals surface area contributed by atoms with Crippen LogP contribution in [0.3, 0.4) is 0 Å². The van der Waals surface area contributed by atoms with E-state index in [4.69, 9.17) is 16.3 Å². The molecule has 2 amide bonds. The molecule has 2 aromatic heterocycles. The second-order valence-electron chi connectivity index (χ2n) is 8.87. The van der Waals surface area contributed by atoms with E-state index >= 15 is 0 Å². The van der Waals surface area contributed by atoms with Crippen LogP contribution in [0.4, 0.5) is 5.69 Å². The number of carbonyl (C=O) groups excluding carboxylic acids is 3. The molecule has 0 aromatic carbocycles. The fourth-order valence-electron chi connectivity index (χ4n) is 4.14. The van der Waals surface area contributed by atoms with Gasteiger partial charge >= 0.3 is 0 Å². The Labute approximate surface area is 198 Å². The average molecular weight is 476 g/mol. The highest BCUT2D eigenvalue weighted by Crippen LogP contribution is 2.24. The molecule has 1 saturated heterocycles. The topological polar surface area (TPSA) is 106 Å². The first-order valence-electron chi connectivity index (χ1n) is 10.8. The van der Waals surface area contributed by atoms with E-state index in [9.17, 15) is 14.4 Å². The molecule has 3 rings (SSSR count). The van der Waals surface area contributed by atoms with E-state index in [2.05, 4.69) is 20.5 Å². The Morgan fingerprint density at radius 3 is 2.52 bits per heavy atom. The number of Topliss-reactive ketones (excluding diaryl/α,β-unsaturated/α-hetero) is 1. The van der Waals surface area contributed by atoms with E-state index in [1.54, 1.807) is 31.5 Å². The van der Waals surface area contributed by atoms with Crippen molar-refractivity contribution in [1.29, 1.82) is 0 Å². The molecule has 0 spiro atoms. The van der Waals surface area contributed by atoms with E-state index in [1.807, 2.05) is 13.8 Å². The van der Waals surface area contributed by atoms with Gasteiger partial charge in [0.05, 0.1) is 24.5 Å². The Morgan fingerprint density at radius 2 is 1.88 bits per heavy atom. The molecule has 0 bridgehead atoms. The summed E-state index contributed by atoms with van der Waals surface area (Å²) in [4.78, 5) is 45.1. The number of nitrogens with one attached hydrogen (secondary N) is 2. The Balaban J connectivity index is 1.77. The number of nitrogens with zero attached hydrogens (tertiary/aromatic N) is 3. The molecular formula is C23H30ClN5O4. The van der Waals surface area contributed by atoms with Gasteiger partial charge in [0.2, 0.25) is 0 Å². The summed E-state index contributed by atoms with van der Waals surface area (Å²) >= 11 is 5.89. The minimum atomic E-state index is -0.704. The van der Waals surface area contributed by atoms with Gasteiger partial charge < -0.3 is 19.9 Å². The van der Waals surface area contributed by atoms with Crippen LogP contribution in [-0.2, 0) is 16.6 Å². The number of hydrogen-bond acceptors (Lipinski definition) is 6.